The molecule has 1 aromatic heterocycles. The van der Waals surface area contributed by atoms with Gasteiger partial charge in [0, 0.05) is 22.4 Å². The predicted molar refractivity (Wildman–Crippen MR) is 111 cm³/mol. The summed E-state index contributed by atoms with van der Waals surface area (Å²) in [4.78, 5) is 17.0. The Morgan fingerprint density at radius 3 is 2.25 bits per heavy atom. The quantitative estimate of drug-likeness (QED) is 0.489. The highest BCUT2D eigenvalue weighted by Crippen LogP contribution is 2.26. The first-order chi connectivity index (χ1) is 13.6. The fourth-order valence-corrected chi connectivity index (χ4v) is 2.99. The number of anilines is 1. The van der Waals surface area contributed by atoms with Crippen LogP contribution in [0.1, 0.15) is 21.5 Å². The molecular formula is C24H20N2O2. The first-order valence-electron chi connectivity index (χ1n) is 9.10. The van der Waals surface area contributed by atoms with Gasteiger partial charge < -0.3 is 9.73 Å². The van der Waals surface area contributed by atoms with E-state index < -0.39 is 0 Å². The summed E-state index contributed by atoms with van der Waals surface area (Å²) in [5, 5.41) is 2.92. The maximum atomic E-state index is 12.4. The Bertz CT molecular complexity index is 1110. The summed E-state index contributed by atoms with van der Waals surface area (Å²) in [6, 6.07) is 23.2. The van der Waals surface area contributed by atoms with Crippen LogP contribution in [0.5, 0.6) is 0 Å². The Kier molecular flexibility index (Phi) is 4.77. The van der Waals surface area contributed by atoms with E-state index in [4.69, 9.17) is 4.42 Å². The third-order valence-corrected chi connectivity index (χ3v) is 4.63. The number of benzene rings is 3. The van der Waals surface area contributed by atoms with Crippen LogP contribution in [0.4, 0.5) is 5.69 Å². The fourth-order valence-electron chi connectivity index (χ4n) is 2.99. The number of nitrogens with zero attached hydrogens (tertiary/aromatic N) is 1. The third kappa shape index (κ3) is 3.71. The number of carbonyl (C=O) groups is 1. The van der Waals surface area contributed by atoms with Gasteiger partial charge in [0.1, 0.15) is 12.0 Å². The Balaban J connectivity index is 1.50. The molecule has 0 aliphatic rings. The molecule has 4 heteroatoms. The molecule has 0 saturated heterocycles. The molecule has 0 aliphatic carbocycles. The van der Waals surface area contributed by atoms with Crippen LogP contribution in [0.3, 0.4) is 0 Å². The number of aryl methyl sites for hydroxylation is 2. The molecule has 1 heterocycles. The molecule has 3 aromatic carbocycles. The molecule has 4 nitrogen and oxygen atoms in total. The Morgan fingerprint density at radius 1 is 0.857 bits per heavy atom. The number of nitrogens with one attached hydrogen (secondary N) is 1. The van der Waals surface area contributed by atoms with Gasteiger partial charge in [0.25, 0.3) is 5.91 Å². The lowest BCUT2D eigenvalue weighted by atomic mass is 10.1. The summed E-state index contributed by atoms with van der Waals surface area (Å²) < 4.78 is 5.64. The van der Waals surface area contributed by atoms with E-state index in [9.17, 15) is 4.79 Å². The molecule has 0 spiro atoms. The highest BCUT2D eigenvalue weighted by atomic mass is 16.3. The van der Waals surface area contributed by atoms with E-state index in [1.807, 2.05) is 67.6 Å². The summed E-state index contributed by atoms with van der Waals surface area (Å²) in [6.45, 7) is 3.98. The lowest BCUT2D eigenvalue weighted by molar-refractivity contribution is 0.102. The summed E-state index contributed by atoms with van der Waals surface area (Å²) in [5.74, 6) is 0.427. The summed E-state index contributed by atoms with van der Waals surface area (Å²) in [7, 11) is 0. The van der Waals surface area contributed by atoms with Crippen molar-refractivity contribution in [1.29, 1.82) is 0 Å². The van der Waals surface area contributed by atoms with Gasteiger partial charge >= 0.3 is 0 Å². The van der Waals surface area contributed by atoms with E-state index in [-0.39, 0.29) is 5.91 Å². The molecule has 4 aromatic rings. The molecule has 0 atom stereocenters. The van der Waals surface area contributed by atoms with Crippen molar-refractivity contribution in [3.8, 4) is 22.7 Å². The Labute approximate surface area is 163 Å². The Morgan fingerprint density at radius 2 is 1.54 bits per heavy atom. The summed E-state index contributed by atoms with van der Waals surface area (Å²) >= 11 is 0. The van der Waals surface area contributed by atoms with Crippen molar-refractivity contribution >= 4 is 11.6 Å². The lowest BCUT2D eigenvalue weighted by Crippen LogP contribution is -2.13. The first-order valence-corrected chi connectivity index (χ1v) is 9.10. The SMILES string of the molecule is Cc1ccc(-c2coc(-c3ccc(NC(=O)c4ccccc4C)cc3)n2)cc1. The maximum absolute atomic E-state index is 12.4. The molecule has 0 radical (unpaired) electrons. The van der Waals surface area contributed by atoms with Gasteiger partial charge in [-0.3, -0.25) is 4.79 Å². The van der Waals surface area contributed by atoms with Gasteiger partial charge in [-0.2, -0.15) is 0 Å². The second-order valence-electron chi connectivity index (χ2n) is 6.75. The summed E-state index contributed by atoms with van der Waals surface area (Å²) in [5.41, 5.74) is 6.21. The van der Waals surface area contributed by atoms with Crippen LogP contribution < -0.4 is 5.32 Å². The van der Waals surface area contributed by atoms with Crippen LogP contribution >= 0.6 is 0 Å². The van der Waals surface area contributed by atoms with E-state index >= 15 is 0 Å². The summed E-state index contributed by atoms with van der Waals surface area (Å²) in [6.07, 6.45) is 1.66. The van der Waals surface area contributed by atoms with Gasteiger partial charge in [0.2, 0.25) is 5.89 Å². The molecular weight excluding hydrogens is 348 g/mol. The van der Waals surface area contributed by atoms with E-state index in [1.54, 1.807) is 6.26 Å². The van der Waals surface area contributed by atoms with Crippen LogP contribution in [0.2, 0.25) is 0 Å². The number of oxazole rings is 1. The van der Waals surface area contributed by atoms with E-state index in [0.717, 1.165) is 28.1 Å². The molecule has 0 saturated carbocycles. The minimum Gasteiger partial charge on any atom is -0.444 e. The van der Waals surface area contributed by atoms with E-state index in [0.29, 0.717) is 11.5 Å². The monoisotopic (exact) mass is 368 g/mol. The van der Waals surface area contributed by atoms with E-state index in [1.165, 1.54) is 5.56 Å². The Hall–Kier alpha value is -3.66. The fraction of sp³-hybridized carbons (Fsp3) is 0.0833. The molecule has 4 rings (SSSR count). The largest absolute Gasteiger partial charge is 0.444 e. The minimum absolute atomic E-state index is 0.122. The molecule has 28 heavy (non-hydrogen) atoms. The van der Waals surface area contributed by atoms with Crippen molar-refractivity contribution < 1.29 is 9.21 Å². The van der Waals surface area contributed by atoms with E-state index in [2.05, 4.69) is 29.4 Å². The molecule has 0 fully saturated rings. The second kappa shape index (κ2) is 7.53. The van der Waals surface area contributed by atoms with Crippen molar-refractivity contribution in [2.24, 2.45) is 0 Å². The topological polar surface area (TPSA) is 55.1 Å². The first kappa shape index (κ1) is 17.7. The molecule has 0 aliphatic heterocycles. The average Bonchev–Trinajstić information content (AvgIpc) is 3.19. The number of hydrogen-bond donors (Lipinski definition) is 1. The van der Waals surface area contributed by atoms with Crippen LogP contribution in [0, 0.1) is 13.8 Å². The number of carbonyl (C=O) groups excluding carboxylic acids is 1. The van der Waals surface area contributed by atoms with Crippen molar-refractivity contribution in [3.05, 3.63) is 95.7 Å². The van der Waals surface area contributed by atoms with Gasteiger partial charge in [0.05, 0.1) is 0 Å². The number of hydrogen-bond acceptors (Lipinski definition) is 3. The van der Waals surface area contributed by atoms with Gasteiger partial charge in [-0.25, -0.2) is 4.98 Å². The van der Waals surface area contributed by atoms with Gasteiger partial charge in [-0.15, -0.1) is 0 Å². The third-order valence-electron chi connectivity index (χ3n) is 4.63. The zero-order chi connectivity index (χ0) is 19.5. The van der Waals surface area contributed by atoms with Crippen molar-refractivity contribution in [3.63, 3.8) is 0 Å². The van der Waals surface area contributed by atoms with Crippen LogP contribution in [-0.4, -0.2) is 10.9 Å². The number of aromatic nitrogens is 1. The smallest absolute Gasteiger partial charge is 0.255 e. The van der Waals surface area contributed by atoms with Gasteiger partial charge in [-0.05, 0) is 49.7 Å². The average molecular weight is 368 g/mol. The highest BCUT2D eigenvalue weighted by molar-refractivity contribution is 6.05. The zero-order valence-corrected chi connectivity index (χ0v) is 15.8. The normalized spacial score (nSPS) is 10.6. The molecule has 1 N–H and O–H groups in total. The van der Waals surface area contributed by atoms with Crippen LogP contribution in [0.25, 0.3) is 22.7 Å². The predicted octanol–water partition coefficient (Wildman–Crippen LogP) is 5.88. The number of amides is 1. The second-order valence-corrected chi connectivity index (χ2v) is 6.75. The lowest BCUT2D eigenvalue weighted by Gasteiger charge is -2.07. The van der Waals surface area contributed by atoms with Crippen LogP contribution in [-0.2, 0) is 0 Å². The van der Waals surface area contributed by atoms with Crippen molar-refractivity contribution in [1.82, 2.24) is 4.98 Å². The van der Waals surface area contributed by atoms with Gasteiger partial charge in [-0.1, -0.05) is 48.0 Å². The van der Waals surface area contributed by atoms with Crippen LogP contribution in [0.15, 0.2) is 83.5 Å². The molecule has 0 unspecified atom stereocenters. The standard InChI is InChI=1S/C24H20N2O2/c1-16-7-9-18(10-8-16)22-15-28-24(26-22)19-11-13-20(14-12-19)25-23(27)21-6-4-3-5-17(21)2/h3-15H,1-2H3,(H,25,27). The molecule has 0 bridgehead atoms. The maximum Gasteiger partial charge on any atom is 0.255 e. The highest BCUT2D eigenvalue weighted by Gasteiger charge is 2.11. The van der Waals surface area contributed by atoms with Crippen molar-refractivity contribution in [2.45, 2.75) is 13.8 Å². The molecule has 1 amide bonds. The minimum atomic E-state index is -0.122. The molecule has 138 valence electrons. The van der Waals surface area contributed by atoms with Gasteiger partial charge in [0.15, 0.2) is 0 Å². The zero-order valence-electron chi connectivity index (χ0n) is 15.8. The number of rotatable bonds is 4. The van der Waals surface area contributed by atoms with Crippen molar-refractivity contribution in [2.75, 3.05) is 5.32 Å².